The van der Waals surface area contributed by atoms with E-state index in [-0.39, 0.29) is 17.5 Å². The third-order valence-electron chi connectivity index (χ3n) is 4.67. The first-order chi connectivity index (χ1) is 13.4. The molecule has 3 aromatic rings. The summed E-state index contributed by atoms with van der Waals surface area (Å²) < 4.78 is 2.70. The van der Waals surface area contributed by atoms with E-state index in [2.05, 4.69) is 15.4 Å². The summed E-state index contributed by atoms with van der Waals surface area (Å²) in [4.78, 5) is 29.6. The Morgan fingerprint density at radius 1 is 1.43 bits per heavy atom. The molecule has 1 saturated carbocycles. The van der Waals surface area contributed by atoms with E-state index in [1.165, 1.54) is 15.3 Å². The van der Waals surface area contributed by atoms with Crippen molar-refractivity contribution in [2.24, 2.45) is 5.92 Å². The summed E-state index contributed by atoms with van der Waals surface area (Å²) >= 11 is 0. The Morgan fingerprint density at radius 2 is 2.18 bits per heavy atom. The predicted octanol–water partition coefficient (Wildman–Crippen LogP) is 1.39. The van der Waals surface area contributed by atoms with Crippen LogP contribution < -0.4 is 16.6 Å². The van der Waals surface area contributed by atoms with Gasteiger partial charge in [0.15, 0.2) is 5.56 Å². The van der Waals surface area contributed by atoms with Gasteiger partial charge in [-0.1, -0.05) is 13.8 Å². The molecule has 0 saturated heterocycles. The maximum atomic E-state index is 13.1. The molecule has 9 nitrogen and oxygen atoms in total. The van der Waals surface area contributed by atoms with Crippen LogP contribution in [-0.4, -0.2) is 36.2 Å². The van der Waals surface area contributed by atoms with Gasteiger partial charge in [0.25, 0.3) is 11.5 Å². The molecule has 1 aliphatic carbocycles. The highest BCUT2D eigenvalue weighted by molar-refractivity contribution is 5.96. The van der Waals surface area contributed by atoms with Crippen molar-refractivity contribution in [1.82, 2.24) is 24.5 Å². The van der Waals surface area contributed by atoms with Gasteiger partial charge in [0.05, 0.1) is 17.6 Å². The van der Waals surface area contributed by atoms with E-state index in [1.54, 1.807) is 18.3 Å². The minimum atomic E-state index is -0.579. The highest BCUT2D eigenvalue weighted by atomic mass is 16.3. The number of hydrogen-bond acceptors (Lipinski definition) is 6. The normalized spacial score (nSPS) is 14.0. The monoisotopic (exact) mass is 382 g/mol. The number of nitrogens with one attached hydrogen (secondary N) is 1. The smallest absolute Gasteiger partial charge is 0.270 e. The Labute approximate surface area is 160 Å². The molecule has 3 aromatic heterocycles. The molecular formula is C19H22N6O3. The maximum Gasteiger partial charge on any atom is 0.270 e. The number of aromatic hydroxyl groups is 1. The number of carbonyl (C=O) groups is 1. The van der Waals surface area contributed by atoms with Gasteiger partial charge in [0.2, 0.25) is 5.88 Å². The Balaban J connectivity index is 1.95. The first kappa shape index (κ1) is 18.0. The van der Waals surface area contributed by atoms with Crippen molar-refractivity contribution >= 4 is 17.2 Å². The highest BCUT2D eigenvalue weighted by Crippen LogP contribution is 2.27. The molecule has 0 unspecified atom stereocenters. The summed E-state index contributed by atoms with van der Waals surface area (Å²) in [5.74, 6) is -0.906. The number of rotatable bonds is 5. The van der Waals surface area contributed by atoms with Gasteiger partial charge in [-0.05, 0) is 24.8 Å². The number of anilines is 1. The second-order valence-electron chi connectivity index (χ2n) is 7.52. The Morgan fingerprint density at radius 3 is 2.82 bits per heavy atom. The molecule has 3 heterocycles. The molecular weight excluding hydrogens is 360 g/mol. The number of hydrogen-bond donors (Lipinski definition) is 3. The largest absolute Gasteiger partial charge is 0.492 e. The lowest BCUT2D eigenvalue weighted by Gasteiger charge is -2.14. The van der Waals surface area contributed by atoms with Gasteiger partial charge in [-0.2, -0.15) is 9.61 Å². The van der Waals surface area contributed by atoms with Crippen LogP contribution >= 0.6 is 0 Å². The van der Waals surface area contributed by atoms with Gasteiger partial charge in [0, 0.05) is 30.4 Å². The lowest BCUT2D eigenvalue weighted by atomic mass is 10.1. The van der Waals surface area contributed by atoms with E-state index < -0.39 is 17.3 Å². The third-order valence-corrected chi connectivity index (χ3v) is 4.67. The van der Waals surface area contributed by atoms with Gasteiger partial charge in [-0.3, -0.25) is 19.1 Å². The van der Waals surface area contributed by atoms with Crippen molar-refractivity contribution in [2.45, 2.75) is 39.3 Å². The van der Waals surface area contributed by atoms with Gasteiger partial charge >= 0.3 is 0 Å². The number of nitrogens with two attached hydrogens (primary N) is 1. The summed E-state index contributed by atoms with van der Waals surface area (Å²) in [6.45, 7) is 4.32. The van der Waals surface area contributed by atoms with Gasteiger partial charge in [-0.25, -0.2) is 0 Å². The predicted molar refractivity (Wildman–Crippen MR) is 104 cm³/mol. The first-order valence-electron chi connectivity index (χ1n) is 9.23. The van der Waals surface area contributed by atoms with E-state index >= 15 is 0 Å². The summed E-state index contributed by atoms with van der Waals surface area (Å²) in [6, 6.07) is 3.45. The summed E-state index contributed by atoms with van der Waals surface area (Å²) in [7, 11) is 0. The van der Waals surface area contributed by atoms with Crippen molar-refractivity contribution < 1.29 is 9.90 Å². The Kier molecular flexibility index (Phi) is 4.29. The van der Waals surface area contributed by atoms with Gasteiger partial charge < -0.3 is 16.2 Å². The number of nitrogens with zero attached hydrogens (tertiary/aromatic N) is 4. The van der Waals surface area contributed by atoms with Crippen molar-refractivity contribution in [3.63, 3.8) is 0 Å². The van der Waals surface area contributed by atoms with Gasteiger partial charge in [0.1, 0.15) is 5.65 Å². The molecule has 4 N–H and O–H groups in total. The fourth-order valence-corrected chi connectivity index (χ4v) is 3.16. The van der Waals surface area contributed by atoms with E-state index in [1.807, 2.05) is 13.8 Å². The fraction of sp³-hybridized carbons (Fsp3) is 0.368. The minimum Gasteiger partial charge on any atom is -0.492 e. The second-order valence-corrected chi connectivity index (χ2v) is 7.52. The molecule has 0 aromatic carbocycles. The Bertz CT molecular complexity index is 1130. The van der Waals surface area contributed by atoms with Crippen LogP contribution in [0.25, 0.3) is 16.9 Å². The van der Waals surface area contributed by atoms with E-state index in [4.69, 9.17) is 5.73 Å². The van der Waals surface area contributed by atoms with E-state index in [9.17, 15) is 14.7 Å². The summed E-state index contributed by atoms with van der Waals surface area (Å²) in [5, 5.41) is 17.9. The number of nitrogen functional groups attached to an aromatic ring is 1. The fourth-order valence-electron chi connectivity index (χ4n) is 3.16. The molecule has 0 bridgehead atoms. The summed E-state index contributed by atoms with van der Waals surface area (Å²) in [6.07, 6.45) is 4.85. The number of pyridine rings is 1. The summed E-state index contributed by atoms with van der Waals surface area (Å²) in [5.41, 5.74) is 7.09. The first-order valence-corrected chi connectivity index (χ1v) is 9.23. The zero-order chi connectivity index (χ0) is 20.0. The zero-order valence-corrected chi connectivity index (χ0v) is 15.7. The number of aromatic nitrogens is 4. The molecule has 1 amide bonds. The molecule has 0 spiro atoms. The zero-order valence-electron chi connectivity index (χ0n) is 15.7. The van der Waals surface area contributed by atoms with Crippen molar-refractivity contribution in [3.8, 4) is 17.1 Å². The van der Waals surface area contributed by atoms with Crippen LogP contribution in [0.4, 0.5) is 5.69 Å². The lowest BCUT2D eigenvalue weighted by molar-refractivity contribution is 0.0944. The van der Waals surface area contributed by atoms with E-state index in [0.29, 0.717) is 29.1 Å². The van der Waals surface area contributed by atoms with Crippen LogP contribution in [0.2, 0.25) is 0 Å². The Hall–Kier alpha value is -3.36. The average Bonchev–Trinajstić information content (AvgIpc) is 3.33. The molecule has 4 rings (SSSR count). The maximum absolute atomic E-state index is 13.1. The van der Waals surface area contributed by atoms with Crippen LogP contribution in [0.1, 0.15) is 37.0 Å². The van der Waals surface area contributed by atoms with Crippen LogP contribution in [-0.2, 0) is 6.54 Å². The molecule has 0 atom stereocenters. The minimum absolute atomic E-state index is 0.0605. The SMILES string of the molecule is CC(C)Cn1c(=O)c(C(=O)NC2CC2)c(O)n2nc(-c3ccncc3N)cc12. The van der Waals surface area contributed by atoms with Crippen LogP contribution in [0.15, 0.2) is 29.3 Å². The van der Waals surface area contributed by atoms with E-state index in [0.717, 1.165) is 12.8 Å². The van der Waals surface area contributed by atoms with Crippen molar-refractivity contribution in [2.75, 3.05) is 5.73 Å². The number of fused-ring (bicyclic) bond motifs is 1. The number of carbonyl (C=O) groups excluding carboxylic acids is 1. The molecule has 146 valence electrons. The van der Waals surface area contributed by atoms with Crippen LogP contribution in [0.5, 0.6) is 5.88 Å². The molecule has 1 aliphatic rings. The van der Waals surface area contributed by atoms with Gasteiger partial charge in [-0.15, -0.1) is 0 Å². The second kappa shape index (κ2) is 6.66. The number of amides is 1. The molecule has 1 fully saturated rings. The standard InChI is InChI=1S/C19H22N6O3/c1-10(2)9-24-15-7-14(12-5-6-21-8-13(12)20)23-25(15)19(28)16(18(24)27)17(26)22-11-3-4-11/h5-8,10-11,28H,3-4,9,20H2,1-2H3,(H,22,26). The molecule has 0 radical (unpaired) electrons. The van der Waals surface area contributed by atoms with Crippen LogP contribution in [0.3, 0.4) is 0 Å². The highest BCUT2D eigenvalue weighted by Gasteiger charge is 2.29. The van der Waals surface area contributed by atoms with Crippen molar-refractivity contribution in [1.29, 1.82) is 0 Å². The third kappa shape index (κ3) is 3.08. The van der Waals surface area contributed by atoms with Crippen LogP contribution in [0, 0.1) is 5.92 Å². The average molecular weight is 382 g/mol. The molecule has 9 heteroatoms. The quantitative estimate of drug-likeness (QED) is 0.612. The topological polar surface area (TPSA) is 128 Å². The molecule has 0 aliphatic heterocycles. The van der Waals surface area contributed by atoms with Crippen molar-refractivity contribution in [3.05, 3.63) is 40.4 Å². The lowest BCUT2D eigenvalue weighted by Crippen LogP contribution is -2.36. The molecule has 28 heavy (non-hydrogen) atoms.